The maximum atomic E-state index is 3.87. The van der Waals surface area contributed by atoms with E-state index in [2.05, 4.69) is 66.3 Å². The van der Waals surface area contributed by atoms with Gasteiger partial charge in [0.1, 0.15) is 0 Å². The Kier molecular flexibility index (Phi) is 5.47. The minimum absolute atomic E-state index is 0.442. The van der Waals surface area contributed by atoms with Crippen LogP contribution in [0.25, 0.3) is 0 Å². The second kappa shape index (κ2) is 6.90. The molecule has 0 aromatic heterocycles. The lowest BCUT2D eigenvalue weighted by atomic mass is 9.77. The van der Waals surface area contributed by atoms with Gasteiger partial charge in [-0.05, 0) is 49.3 Å². The van der Waals surface area contributed by atoms with Crippen molar-refractivity contribution in [2.45, 2.75) is 58.5 Å². The molecule has 2 heteroatoms. The summed E-state index contributed by atoms with van der Waals surface area (Å²) in [6, 6.07) is 9.83. The van der Waals surface area contributed by atoms with Gasteiger partial charge < -0.3 is 5.32 Å². The summed E-state index contributed by atoms with van der Waals surface area (Å²) in [7, 11) is 0. The average Bonchev–Trinajstić information content (AvgIpc) is 2.39. The van der Waals surface area contributed by atoms with Gasteiger partial charge in [-0.15, -0.1) is 0 Å². The van der Waals surface area contributed by atoms with Crippen LogP contribution in [-0.4, -0.2) is 6.04 Å². The molecule has 0 bridgehead atoms. The van der Waals surface area contributed by atoms with Crippen LogP contribution in [-0.2, 0) is 0 Å². The molecule has 1 aromatic rings. The molecule has 1 saturated carbocycles. The Labute approximate surface area is 126 Å². The van der Waals surface area contributed by atoms with Crippen molar-refractivity contribution >= 4 is 15.9 Å². The van der Waals surface area contributed by atoms with Gasteiger partial charge in [0.25, 0.3) is 0 Å². The minimum Gasteiger partial charge on any atom is -0.307 e. The van der Waals surface area contributed by atoms with Gasteiger partial charge in [-0.2, -0.15) is 0 Å². The molecule has 106 valence electrons. The second-order valence-electron chi connectivity index (χ2n) is 6.24. The van der Waals surface area contributed by atoms with Crippen molar-refractivity contribution in [2.24, 2.45) is 11.8 Å². The average molecular weight is 324 g/mol. The third kappa shape index (κ3) is 4.06. The zero-order valence-corrected chi connectivity index (χ0v) is 13.9. The highest BCUT2D eigenvalue weighted by Crippen LogP contribution is 2.31. The first-order valence-electron chi connectivity index (χ1n) is 7.59. The molecule has 1 aliphatic rings. The lowest BCUT2D eigenvalue weighted by Crippen LogP contribution is -2.42. The Morgan fingerprint density at radius 1 is 1.05 bits per heavy atom. The molecule has 0 saturated heterocycles. The first kappa shape index (κ1) is 15.1. The fourth-order valence-electron chi connectivity index (χ4n) is 3.33. The lowest BCUT2D eigenvalue weighted by molar-refractivity contribution is 0.195. The molecule has 1 N–H and O–H groups in total. The van der Waals surface area contributed by atoms with E-state index < -0.39 is 0 Å². The summed E-state index contributed by atoms with van der Waals surface area (Å²) >= 11 is 3.50. The largest absolute Gasteiger partial charge is 0.307 e. The molecule has 0 amide bonds. The number of benzene rings is 1. The van der Waals surface area contributed by atoms with E-state index in [1.54, 1.807) is 0 Å². The van der Waals surface area contributed by atoms with Gasteiger partial charge >= 0.3 is 0 Å². The summed E-state index contributed by atoms with van der Waals surface area (Å²) in [6.45, 7) is 7.03. The van der Waals surface area contributed by atoms with Crippen LogP contribution in [0.2, 0.25) is 0 Å². The zero-order valence-electron chi connectivity index (χ0n) is 12.3. The number of hydrogen-bond donors (Lipinski definition) is 1. The number of hydrogen-bond acceptors (Lipinski definition) is 1. The Morgan fingerprint density at radius 3 is 2.32 bits per heavy atom. The van der Waals surface area contributed by atoms with Gasteiger partial charge in [0, 0.05) is 16.6 Å². The van der Waals surface area contributed by atoms with Gasteiger partial charge in [-0.25, -0.2) is 0 Å². The van der Waals surface area contributed by atoms with Crippen LogP contribution < -0.4 is 5.32 Å². The highest BCUT2D eigenvalue weighted by Gasteiger charge is 2.28. The first-order chi connectivity index (χ1) is 9.08. The normalized spacial score (nSPS) is 25.5. The number of nitrogens with one attached hydrogen (secondary N) is 1. The van der Waals surface area contributed by atoms with Crippen LogP contribution in [0.3, 0.4) is 0 Å². The molecule has 2 rings (SSSR count). The van der Waals surface area contributed by atoms with Crippen LogP contribution in [0.4, 0.5) is 0 Å². The second-order valence-corrected chi connectivity index (χ2v) is 7.15. The van der Waals surface area contributed by atoms with E-state index in [0.717, 1.165) is 16.3 Å². The predicted molar refractivity (Wildman–Crippen MR) is 86.3 cm³/mol. The molecule has 1 fully saturated rings. The van der Waals surface area contributed by atoms with Gasteiger partial charge in [0.05, 0.1) is 0 Å². The van der Waals surface area contributed by atoms with E-state index in [1.165, 1.54) is 31.2 Å². The smallest absolute Gasteiger partial charge is 0.0294 e. The fraction of sp³-hybridized carbons (Fsp3) is 0.647. The fourth-order valence-corrected chi connectivity index (χ4v) is 3.60. The highest BCUT2D eigenvalue weighted by molar-refractivity contribution is 9.10. The molecule has 0 aliphatic heterocycles. The van der Waals surface area contributed by atoms with E-state index in [4.69, 9.17) is 0 Å². The Morgan fingerprint density at radius 2 is 1.68 bits per heavy atom. The van der Waals surface area contributed by atoms with Crippen LogP contribution in [0.1, 0.15) is 58.1 Å². The minimum atomic E-state index is 0.442. The third-order valence-corrected chi connectivity index (χ3v) is 5.04. The van der Waals surface area contributed by atoms with Crippen molar-refractivity contribution in [1.29, 1.82) is 0 Å². The summed E-state index contributed by atoms with van der Waals surface area (Å²) in [5, 5.41) is 3.87. The first-order valence-corrected chi connectivity index (χ1v) is 8.38. The highest BCUT2D eigenvalue weighted by atomic mass is 79.9. The summed E-state index contributed by atoms with van der Waals surface area (Å²) in [5.74, 6) is 1.63. The van der Waals surface area contributed by atoms with E-state index in [-0.39, 0.29) is 0 Å². The van der Waals surface area contributed by atoms with E-state index in [0.29, 0.717) is 12.1 Å². The van der Waals surface area contributed by atoms with Crippen molar-refractivity contribution in [1.82, 2.24) is 5.32 Å². The van der Waals surface area contributed by atoms with Crippen molar-refractivity contribution in [3.05, 3.63) is 34.3 Å². The van der Waals surface area contributed by atoms with Crippen LogP contribution >= 0.6 is 15.9 Å². The molecule has 0 spiro atoms. The van der Waals surface area contributed by atoms with Gasteiger partial charge in [0.15, 0.2) is 0 Å². The monoisotopic (exact) mass is 323 g/mol. The standard InChI is InChI=1S/C17H26BrN/c1-12(2)16-6-4-5-7-17(16)19-13(3)14-8-10-15(18)11-9-14/h8-13,16-17,19H,4-7H2,1-3H3. The number of halogens is 1. The van der Waals surface area contributed by atoms with Crippen LogP contribution in [0.5, 0.6) is 0 Å². The quantitative estimate of drug-likeness (QED) is 0.791. The summed E-state index contributed by atoms with van der Waals surface area (Å²) in [5.41, 5.74) is 1.39. The molecule has 0 radical (unpaired) electrons. The maximum Gasteiger partial charge on any atom is 0.0294 e. The van der Waals surface area contributed by atoms with Gasteiger partial charge in [-0.3, -0.25) is 0 Å². The Balaban J connectivity index is 2.00. The van der Waals surface area contributed by atoms with Crippen molar-refractivity contribution in [3.8, 4) is 0 Å². The van der Waals surface area contributed by atoms with Crippen molar-refractivity contribution in [3.63, 3.8) is 0 Å². The Hall–Kier alpha value is -0.340. The topological polar surface area (TPSA) is 12.0 Å². The van der Waals surface area contributed by atoms with Crippen LogP contribution in [0.15, 0.2) is 28.7 Å². The molecule has 19 heavy (non-hydrogen) atoms. The van der Waals surface area contributed by atoms with Gasteiger partial charge in [-0.1, -0.05) is 54.8 Å². The van der Waals surface area contributed by atoms with E-state index in [1.807, 2.05) is 0 Å². The number of rotatable bonds is 4. The Bertz CT molecular complexity index is 385. The predicted octanol–water partition coefficient (Wildman–Crippen LogP) is 5.31. The molecular weight excluding hydrogens is 298 g/mol. The lowest BCUT2D eigenvalue weighted by Gasteiger charge is -2.37. The molecular formula is C17H26BrN. The van der Waals surface area contributed by atoms with Crippen molar-refractivity contribution < 1.29 is 0 Å². The van der Waals surface area contributed by atoms with E-state index in [9.17, 15) is 0 Å². The summed E-state index contributed by atoms with van der Waals surface area (Å²) in [4.78, 5) is 0. The molecule has 1 aromatic carbocycles. The third-order valence-electron chi connectivity index (χ3n) is 4.51. The van der Waals surface area contributed by atoms with Gasteiger partial charge in [0.2, 0.25) is 0 Å². The van der Waals surface area contributed by atoms with Crippen LogP contribution in [0, 0.1) is 11.8 Å². The van der Waals surface area contributed by atoms with Crippen molar-refractivity contribution in [2.75, 3.05) is 0 Å². The molecule has 1 aliphatic carbocycles. The molecule has 3 unspecified atom stereocenters. The molecule has 0 heterocycles. The SMILES string of the molecule is CC(NC1CCCCC1C(C)C)c1ccc(Br)cc1. The molecule has 1 nitrogen and oxygen atoms in total. The molecule has 3 atom stereocenters. The zero-order chi connectivity index (χ0) is 13.8. The maximum absolute atomic E-state index is 3.87. The van der Waals surface area contributed by atoms with E-state index >= 15 is 0 Å². The summed E-state index contributed by atoms with van der Waals surface area (Å²) < 4.78 is 1.15. The summed E-state index contributed by atoms with van der Waals surface area (Å²) in [6.07, 6.45) is 5.52.